The zero-order valence-corrected chi connectivity index (χ0v) is 6.06. The number of Topliss-reactive ketones (excluding diaryl/α,β-unsaturated/α-hetero) is 1. The molecule has 0 radical (unpaired) electrons. The van der Waals surface area contributed by atoms with Gasteiger partial charge >= 0.3 is 0 Å². The van der Waals surface area contributed by atoms with Gasteiger partial charge in [-0.05, 0) is 20.3 Å². The van der Waals surface area contributed by atoms with Gasteiger partial charge in [-0.25, -0.2) is 0 Å². The van der Waals surface area contributed by atoms with Crippen LogP contribution in [0.5, 0.6) is 0 Å². The standard InChI is InChI=1S/C7H12O2/c1-4-7(5(2)8)6(3)9/h8H,4H2,1-3H3/b7-5-. The first-order valence-corrected chi connectivity index (χ1v) is 2.99. The first-order valence-electron chi connectivity index (χ1n) is 2.99. The molecule has 0 aromatic rings. The first kappa shape index (κ1) is 8.21. The second kappa shape index (κ2) is 3.28. The fraction of sp³-hybridized carbons (Fsp3) is 0.571. The van der Waals surface area contributed by atoms with E-state index in [0.717, 1.165) is 0 Å². The minimum absolute atomic E-state index is 0.0440. The molecule has 9 heavy (non-hydrogen) atoms. The van der Waals surface area contributed by atoms with Crippen molar-refractivity contribution in [1.82, 2.24) is 0 Å². The highest BCUT2D eigenvalue weighted by Crippen LogP contribution is 2.05. The molecule has 0 aliphatic carbocycles. The van der Waals surface area contributed by atoms with Crippen LogP contribution < -0.4 is 0 Å². The highest BCUT2D eigenvalue weighted by Gasteiger charge is 2.03. The number of allylic oxidation sites excluding steroid dienone is 2. The van der Waals surface area contributed by atoms with Crippen LogP contribution in [0.2, 0.25) is 0 Å². The summed E-state index contributed by atoms with van der Waals surface area (Å²) in [7, 11) is 0. The van der Waals surface area contributed by atoms with Crippen molar-refractivity contribution in [2.45, 2.75) is 27.2 Å². The van der Waals surface area contributed by atoms with E-state index in [9.17, 15) is 4.79 Å². The molecule has 52 valence electrons. The summed E-state index contributed by atoms with van der Waals surface area (Å²) in [6.45, 7) is 4.83. The van der Waals surface area contributed by atoms with E-state index >= 15 is 0 Å². The average molecular weight is 128 g/mol. The van der Waals surface area contributed by atoms with E-state index in [0.29, 0.717) is 12.0 Å². The molecule has 1 N–H and O–H groups in total. The summed E-state index contributed by atoms with van der Waals surface area (Å²) in [5, 5.41) is 8.84. The minimum atomic E-state index is -0.0440. The van der Waals surface area contributed by atoms with Crippen molar-refractivity contribution in [1.29, 1.82) is 0 Å². The van der Waals surface area contributed by atoms with Crippen LogP contribution in [-0.2, 0) is 4.79 Å². The van der Waals surface area contributed by atoms with Gasteiger partial charge in [0.05, 0.1) is 5.76 Å². The van der Waals surface area contributed by atoms with Crippen molar-refractivity contribution in [2.24, 2.45) is 0 Å². The number of carbonyl (C=O) groups is 1. The number of rotatable bonds is 2. The third-order valence-electron chi connectivity index (χ3n) is 1.22. The molecule has 0 aliphatic heterocycles. The van der Waals surface area contributed by atoms with Crippen LogP contribution in [0.1, 0.15) is 27.2 Å². The summed E-state index contributed by atoms with van der Waals surface area (Å²) in [6.07, 6.45) is 0.609. The van der Waals surface area contributed by atoms with E-state index in [1.165, 1.54) is 13.8 Å². The molecule has 0 rings (SSSR count). The van der Waals surface area contributed by atoms with Gasteiger partial charge in [-0.1, -0.05) is 6.92 Å². The van der Waals surface area contributed by atoms with Gasteiger partial charge < -0.3 is 5.11 Å². The van der Waals surface area contributed by atoms with Crippen molar-refractivity contribution in [2.75, 3.05) is 0 Å². The zero-order chi connectivity index (χ0) is 7.44. The third kappa shape index (κ3) is 2.31. The summed E-state index contributed by atoms with van der Waals surface area (Å²) in [5.41, 5.74) is 0.523. The molecule has 0 saturated carbocycles. The number of hydrogen-bond donors (Lipinski definition) is 1. The van der Waals surface area contributed by atoms with Crippen molar-refractivity contribution >= 4 is 5.78 Å². The van der Waals surface area contributed by atoms with Gasteiger partial charge in [-0.3, -0.25) is 4.79 Å². The molecule has 2 nitrogen and oxygen atoms in total. The molecule has 0 unspecified atom stereocenters. The smallest absolute Gasteiger partial charge is 0.159 e. The number of hydrogen-bond acceptors (Lipinski definition) is 2. The van der Waals surface area contributed by atoms with Crippen LogP contribution in [0.15, 0.2) is 11.3 Å². The molecule has 0 bridgehead atoms. The molecule has 2 heteroatoms. The maximum Gasteiger partial charge on any atom is 0.159 e. The molecule has 0 spiro atoms. The van der Waals surface area contributed by atoms with E-state index in [1.54, 1.807) is 0 Å². The topological polar surface area (TPSA) is 37.3 Å². The van der Waals surface area contributed by atoms with Gasteiger partial charge in [-0.15, -0.1) is 0 Å². The van der Waals surface area contributed by atoms with E-state index < -0.39 is 0 Å². The lowest BCUT2D eigenvalue weighted by Crippen LogP contribution is -1.97. The van der Waals surface area contributed by atoms with Gasteiger partial charge in [0.2, 0.25) is 0 Å². The van der Waals surface area contributed by atoms with Crippen LogP contribution in [0.3, 0.4) is 0 Å². The van der Waals surface area contributed by atoms with Crippen molar-refractivity contribution in [3.63, 3.8) is 0 Å². The summed E-state index contributed by atoms with van der Waals surface area (Å²) >= 11 is 0. The second-order valence-electron chi connectivity index (χ2n) is 1.97. The van der Waals surface area contributed by atoms with Crippen LogP contribution in [0, 0.1) is 0 Å². The number of aliphatic hydroxyl groups excluding tert-OH is 1. The zero-order valence-electron chi connectivity index (χ0n) is 6.06. The second-order valence-corrected chi connectivity index (χ2v) is 1.97. The minimum Gasteiger partial charge on any atom is -0.512 e. The number of carbonyl (C=O) groups excluding carboxylic acids is 1. The highest BCUT2D eigenvalue weighted by atomic mass is 16.3. The molecule has 0 saturated heterocycles. The van der Waals surface area contributed by atoms with E-state index in [2.05, 4.69) is 0 Å². The van der Waals surface area contributed by atoms with E-state index in [-0.39, 0.29) is 11.5 Å². The Hall–Kier alpha value is -0.790. The Morgan fingerprint density at radius 3 is 1.89 bits per heavy atom. The number of aliphatic hydroxyl groups is 1. The average Bonchev–Trinajstić information content (AvgIpc) is 1.64. The predicted octanol–water partition coefficient (Wildman–Crippen LogP) is 1.82. The fourth-order valence-corrected chi connectivity index (χ4v) is 0.760. The van der Waals surface area contributed by atoms with Crippen molar-refractivity contribution in [3.05, 3.63) is 11.3 Å². The SMILES string of the molecule is CC/C(C(C)=O)=C(\C)O. The Balaban J connectivity index is 4.35. The van der Waals surface area contributed by atoms with Gasteiger partial charge in [0.15, 0.2) is 5.78 Å². The number of ketones is 1. The molecular formula is C7H12O2. The van der Waals surface area contributed by atoms with Gasteiger partial charge in [-0.2, -0.15) is 0 Å². The largest absolute Gasteiger partial charge is 0.512 e. The highest BCUT2D eigenvalue weighted by molar-refractivity contribution is 5.93. The van der Waals surface area contributed by atoms with Crippen LogP contribution in [0.4, 0.5) is 0 Å². The molecular weight excluding hydrogens is 116 g/mol. The van der Waals surface area contributed by atoms with Crippen LogP contribution >= 0.6 is 0 Å². The summed E-state index contributed by atoms with van der Waals surface area (Å²) in [4.78, 5) is 10.6. The molecule has 0 atom stereocenters. The predicted molar refractivity (Wildman–Crippen MR) is 36.3 cm³/mol. The summed E-state index contributed by atoms with van der Waals surface area (Å²) in [6, 6.07) is 0. The van der Waals surface area contributed by atoms with Crippen LogP contribution in [-0.4, -0.2) is 10.9 Å². The Morgan fingerprint density at radius 2 is 1.89 bits per heavy atom. The quantitative estimate of drug-likeness (QED) is 0.455. The Labute approximate surface area is 55.2 Å². The monoisotopic (exact) mass is 128 g/mol. The first-order chi connectivity index (χ1) is 4.09. The summed E-state index contributed by atoms with van der Waals surface area (Å²) < 4.78 is 0. The van der Waals surface area contributed by atoms with Gasteiger partial charge in [0.25, 0.3) is 0 Å². The Kier molecular flexibility index (Phi) is 2.99. The lowest BCUT2D eigenvalue weighted by atomic mass is 10.1. The lowest BCUT2D eigenvalue weighted by molar-refractivity contribution is -0.113. The molecule has 0 fully saturated rings. The van der Waals surface area contributed by atoms with E-state index in [4.69, 9.17) is 5.11 Å². The van der Waals surface area contributed by atoms with E-state index in [1.807, 2.05) is 6.92 Å². The Morgan fingerprint density at radius 1 is 1.44 bits per heavy atom. The maximum atomic E-state index is 10.6. The molecule has 0 aromatic heterocycles. The lowest BCUT2D eigenvalue weighted by Gasteiger charge is -1.98. The fourth-order valence-electron chi connectivity index (χ4n) is 0.760. The molecule has 0 heterocycles. The van der Waals surface area contributed by atoms with Gasteiger partial charge in [0.1, 0.15) is 0 Å². The van der Waals surface area contributed by atoms with Gasteiger partial charge in [0, 0.05) is 5.57 Å². The van der Waals surface area contributed by atoms with Crippen molar-refractivity contribution in [3.8, 4) is 0 Å². The molecule has 0 amide bonds. The third-order valence-corrected chi connectivity index (χ3v) is 1.22. The normalized spacial score (nSPS) is 12.8. The van der Waals surface area contributed by atoms with Crippen molar-refractivity contribution < 1.29 is 9.90 Å². The molecule has 0 aliphatic rings. The Bertz CT molecular complexity index is 141. The van der Waals surface area contributed by atoms with Crippen LogP contribution in [0.25, 0.3) is 0 Å². The maximum absolute atomic E-state index is 10.6. The molecule has 0 aromatic carbocycles. The summed E-state index contributed by atoms with van der Waals surface area (Å²) in [5.74, 6) is 0.0995.